The van der Waals surface area contributed by atoms with Crippen molar-refractivity contribution in [2.45, 2.75) is 43.9 Å². The van der Waals surface area contributed by atoms with E-state index in [2.05, 4.69) is 0 Å². The maximum Gasteiger partial charge on any atom is 0.127 e. The molecular formula is C15H18Cl2O. The highest BCUT2D eigenvalue weighted by Gasteiger charge is 2.28. The molecule has 1 saturated carbocycles. The third-order valence-corrected chi connectivity index (χ3v) is 4.95. The molecule has 1 heterocycles. The molecular weight excluding hydrogens is 267 g/mol. The summed E-state index contributed by atoms with van der Waals surface area (Å²) in [5.74, 6) is 1.58. The number of rotatable bonds is 2. The summed E-state index contributed by atoms with van der Waals surface area (Å²) in [7, 11) is 0. The predicted molar refractivity (Wildman–Crippen MR) is 75.8 cm³/mol. The van der Waals surface area contributed by atoms with Crippen LogP contribution in [-0.4, -0.2) is 6.61 Å². The van der Waals surface area contributed by atoms with Gasteiger partial charge in [0.2, 0.25) is 0 Å². The van der Waals surface area contributed by atoms with Crippen molar-refractivity contribution in [1.82, 2.24) is 0 Å². The van der Waals surface area contributed by atoms with Crippen LogP contribution in [0.4, 0.5) is 0 Å². The van der Waals surface area contributed by atoms with Gasteiger partial charge in [0, 0.05) is 17.0 Å². The minimum Gasteiger partial charge on any atom is -0.493 e. The molecule has 1 aliphatic heterocycles. The minimum atomic E-state index is 0.0517. The Hall–Kier alpha value is -0.400. The van der Waals surface area contributed by atoms with Crippen LogP contribution in [0.15, 0.2) is 12.1 Å². The summed E-state index contributed by atoms with van der Waals surface area (Å²) in [4.78, 5) is 0. The summed E-state index contributed by atoms with van der Waals surface area (Å²) in [6, 6.07) is 4.01. The number of halogens is 2. The van der Waals surface area contributed by atoms with Crippen molar-refractivity contribution in [3.63, 3.8) is 0 Å². The van der Waals surface area contributed by atoms with Crippen molar-refractivity contribution in [3.8, 4) is 5.75 Å². The number of fused-ring (bicyclic) bond motifs is 1. The molecule has 18 heavy (non-hydrogen) atoms. The number of alkyl halides is 1. The summed E-state index contributed by atoms with van der Waals surface area (Å²) in [5, 5.41) is 0.839. The normalized spacial score (nSPS) is 21.4. The summed E-state index contributed by atoms with van der Waals surface area (Å²) >= 11 is 12.9. The number of hydrogen-bond donors (Lipinski definition) is 0. The molecule has 98 valence electrons. The van der Waals surface area contributed by atoms with E-state index in [-0.39, 0.29) is 5.38 Å². The Kier molecular flexibility index (Phi) is 3.72. The van der Waals surface area contributed by atoms with Crippen LogP contribution in [0.3, 0.4) is 0 Å². The molecule has 1 atom stereocenters. The molecule has 0 spiro atoms. The van der Waals surface area contributed by atoms with Crippen molar-refractivity contribution in [3.05, 3.63) is 28.3 Å². The topological polar surface area (TPSA) is 9.23 Å². The van der Waals surface area contributed by atoms with Gasteiger partial charge in [0.25, 0.3) is 0 Å². The van der Waals surface area contributed by atoms with E-state index in [1.54, 1.807) is 0 Å². The highest BCUT2D eigenvalue weighted by atomic mass is 35.5. The standard InChI is InChI=1S/C15H18Cl2O/c16-12-8-11-6-7-18-15(11)13(9-12)14(17)10-4-2-1-3-5-10/h8-10,14H,1-7H2. The van der Waals surface area contributed by atoms with Gasteiger partial charge in [0.05, 0.1) is 12.0 Å². The molecule has 2 aliphatic rings. The van der Waals surface area contributed by atoms with Gasteiger partial charge >= 0.3 is 0 Å². The molecule has 0 N–H and O–H groups in total. The zero-order chi connectivity index (χ0) is 12.5. The molecule has 0 aromatic heterocycles. The predicted octanol–water partition coefficient (Wildman–Crippen LogP) is 5.14. The summed E-state index contributed by atoms with van der Waals surface area (Å²) in [6.07, 6.45) is 7.38. The molecule has 1 fully saturated rings. The smallest absolute Gasteiger partial charge is 0.127 e. The molecule has 0 radical (unpaired) electrons. The average molecular weight is 285 g/mol. The van der Waals surface area contributed by atoms with Gasteiger partial charge in [-0.3, -0.25) is 0 Å². The van der Waals surface area contributed by atoms with Gasteiger partial charge in [0.15, 0.2) is 0 Å². The molecule has 1 aromatic rings. The molecule has 1 aromatic carbocycles. The quantitative estimate of drug-likeness (QED) is 0.684. The van der Waals surface area contributed by atoms with Crippen molar-refractivity contribution >= 4 is 23.2 Å². The lowest BCUT2D eigenvalue weighted by Gasteiger charge is -2.27. The van der Waals surface area contributed by atoms with E-state index in [1.807, 2.05) is 12.1 Å². The van der Waals surface area contributed by atoms with Crippen LogP contribution < -0.4 is 4.74 Å². The van der Waals surface area contributed by atoms with Gasteiger partial charge in [-0.05, 0) is 36.5 Å². The lowest BCUT2D eigenvalue weighted by Crippen LogP contribution is -2.13. The first-order chi connectivity index (χ1) is 8.75. The van der Waals surface area contributed by atoms with E-state index in [9.17, 15) is 0 Å². The van der Waals surface area contributed by atoms with Crippen LogP contribution in [0.1, 0.15) is 48.6 Å². The van der Waals surface area contributed by atoms with E-state index in [0.717, 1.165) is 29.4 Å². The number of benzene rings is 1. The Morgan fingerprint density at radius 3 is 2.72 bits per heavy atom. The maximum atomic E-state index is 6.70. The summed E-state index contributed by atoms with van der Waals surface area (Å²) < 4.78 is 5.75. The fourth-order valence-corrected chi connectivity index (χ4v) is 3.85. The molecule has 0 bridgehead atoms. The molecule has 3 heteroatoms. The van der Waals surface area contributed by atoms with Crippen molar-refractivity contribution in [1.29, 1.82) is 0 Å². The first kappa shape index (κ1) is 12.6. The van der Waals surface area contributed by atoms with E-state index >= 15 is 0 Å². The minimum absolute atomic E-state index is 0.0517. The molecule has 0 saturated heterocycles. The molecule has 1 unspecified atom stereocenters. The van der Waals surface area contributed by atoms with Crippen LogP contribution in [-0.2, 0) is 6.42 Å². The van der Waals surface area contributed by atoms with Gasteiger partial charge in [-0.25, -0.2) is 0 Å². The fraction of sp³-hybridized carbons (Fsp3) is 0.600. The van der Waals surface area contributed by atoms with Gasteiger partial charge in [-0.15, -0.1) is 11.6 Å². The van der Waals surface area contributed by atoms with E-state index in [1.165, 1.54) is 37.7 Å². The van der Waals surface area contributed by atoms with E-state index in [0.29, 0.717) is 5.92 Å². The van der Waals surface area contributed by atoms with Gasteiger partial charge in [-0.1, -0.05) is 30.9 Å². The van der Waals surface area contributed by atoms with Crippen LogP contribution in [0.25, 0.3) is 0 Å². The van der Waals surface area contributed by atoms with Crippen LogP contribution in [0.5, 0.6) is 5.75 Å². The highest BCUT2D eigenvalue weighted by Crippen LogP contribution is 2.45. The van der Waals surface area contributed by atoms with Crippen molar-refractivity contribution in [2.75, 3.05) is 6.61 Å². The van der Waals surface area contributed by atoms with Gasteiger partial charge in [-0.2, -0.15) is 0 Å². The highest BCUT2D eigenvalue weighted by molar-refractivity contribution is 6.31. The Morgan fingerprint density at radius 1 is 1.17 bits per heavy atom. The first-order valence-electron chi connectivity index (χ1n) is 6.85. The zero-order valence-electron chi connectivity index (χ0n) is 10.4. The second-order valence-corrected chi connectivity index (χ2v) is 6.29. The Morgan fingerprint density at radius 2 is 1.94 bits per heavy atom. The Bertz CT molecular complexity index is 438. The molecule has 3 rings (SSSR count). The summed E-state index contributed by atoms with van der Waals surface area (Å²) in [5.41, 5.74) is 2.34. The SMILES string of the molecule is Clc1cc2c(c(C(Cl)C3CCCCC3)c1)OCC2. The van der Waals surface area contributed by atoms with Gasteiger partial charge in [0.1, 0.15) is 5.75 Å². The first-order valence-corrected chi connectivity index (χ1v) is 7.66. The van der Waals surface area contributed by atoms with Crippen LogP contribution in [0, 0.1) is 5.92 Å². The Balaban J connectivity index is 1.91. The van der Waals surface area contributed by atoms with Gasteiger partial charge < -0.3 is 4.74 Å². The van der Waals surface area contributed by atoms with E-state index < -0.39 is 0 Å². The lowest BCUT2D eigenvalue weighted by molar-refractivity contribution is 0.329. The van der Waals surface area contributed by atoms with Crippen LogP contribution in [0.2, 0.25) is 5.02 Å². The second kappa shape index (κ2) is 5.30. The average Bonchev–Trinajstić information content (AvgIpc) is 2.86. The number of ether oxygens (including phenoxy) is 1. The third-order valence-electron chi connectivity index (χ3n) is 4.14. The van der Waals surface area contributed by atoms with Crippen LogP contribution >= 0.6 is 23.2 Å². The maximum absolute atomic E-state index is 6.70. The van der Waals surface area contributed by atoms with Crippen molar-refractivity contribution in [2.24, 2.45) is 5.92 Å². The second-order valence-electron chi connectivity index (χ2n) is 5.38. The lowest BCUT2D eigenvalue weighted by atomic mass is 9.84. The molecule has 0 amide bonds. The van der Waals surface area contributed by atoms with Crippen molar-refractivity contribution < 1.29 is 4.74 Å². The summed E-state index contributed by atoms with van der Waals surface area (Å²) in [6.45, 7) is 0.761. The zero-order valence-corrected chi connectivity index (χ0v) is 11.9. The number of hydrogen-bond acceptors (Lipinski definition) is 1. The van der Waals surface area contributed by atoms with E-state index in [4.69, 9.17) is 27.9 Å². The molecule has 1 nitrogen and oxygen atoms in total. The Labute approximate surface area is 118 Å². The molecule has 1 aliphatic carbocycles. The fourth-order valence-electron chi connectivity index (χ4n) is 3.18. The largest absolute Gasteiger partial charge is 0.493 e. The third kappa shape index (κ3) is 2.35. The monoisotopic (exact) mass is 284 g/mol.